The summed E-state index contributed by atoms with van der Waals surface area (Å²) in [6.45, 7) is 3.68. The van der Waals surface area contributed by atoms with Crippen LogP contribution in [0.15, 0.2) is 24.3 Å². The maximum absolute atomic E-state index is 13.8. The zero-order valence-corrected chi connectivity index (χ0v) is 18.0. The van der Waals surface area contributed by atoms with E-state index in [0.717, 1.165) is 6.07 Å². The summed E-state index contributed by atoms with van der Waals surface area (Å²) in [4.78, 5) is 26.6. The van der Waals surface area contributed by atoms with Crippen molar-refractivity contribution in [2.45, 2.75) is 20.3 Å². The van der Waals surface area contributed by atoms with E-state index in [-0.39, 0.29) is 28.6 Å². The number of hydrogen-bond donors (Lipinski definition) is 1. The minimum absolute atomic E-state index is 0.158. The van der Waals surface area contributed by atoms with Crippen molar-refractivity contribution in [1.29, 1.82) is 0 Å². The van der Waals surface area contributed by atoms with Crippen LogP contribution < -0.4 is 14.8 Å². The van der Waals surface area contributed by atoms with Crippen molar-refractivity contribution in [3.8, 4) is 11.5 Å². The Morgan fingerprint density at radius 3 is 2.45 bits per heavy atom. The zero-order valence-electron chi connectivity index (χ0n) is 17.2. The minimum Gasteiger partial charge on any atom is -0.493 e. The summed E-state index contributed by atoms with van der Waals surface area (Å²) in [7, 11) is 1.40. The highest BCUT2D eigenvalue weighted by molar-refractivity contribution is 6.32. The van der Waals surface area contributed by atoms with E-state index in [0.29, 0.717) is 19.1 Å². The highest BCUT2D eigenvalue weighted by atomic mass is 35.5. The molecule has 0 aliphatic rings. The fourth-order valence-electron chi connectivity index (χ4n) is 2.82. The molecule has 0 saturated carbocycles. The van der Waals surface area contributed by atoms with Crippen molar-refractivity contribution < 1.29 is 32.2 Å². The van der Waals surface area contributed by atoms with Crippen LogP contribution in [0.3, 0.4) is 0 Å². The molecule has 10 heteroatoms. The summed E-state index contributed by atoms with van der Waals surface area (Å²) in [5.41, 5.74) is -0.371. The molecule has 0 atom stereocenters. The van der Waals surface area contributed by atoms with Gasteiger partial charge in [0.15, 0.2) is 29.0 Å². The Bertz CT molecular complexity index is 972. The van der Waals surface area contributed by atoms with Gasteiger partial charge >= 0.3 is 0 Å². The van der Waals surface area contributed by atoms with Gasteiger partial charge in [0.2, 0.25) is 5.91 Å². The number of carbonyl (C=O) groups excluding carboxylic acids is 2. The van der Waals surface area contributed by atoms with E-state index >= 15 is 0 Å². The molecule has 2 aromatic carbocycles. The number of carbonyl (C=O) groups is 2. The largest absolute Gasteiger partial charge is 0.493 e. The van der Waals surface area contributed by atoms with Gasteiger partial charge in [-0.1, -0.05) is 18.5 Å². The number of ether oxygens (including phenoxy) is 2. The van der Waals surface area contributed by atoms with Gasteiger partial charge in [-0.25, -0.2) is 13.2 Å². The molecule has 0 aromatic heterocycles. The zero-order chi connectivity index (χ0) is 23.1. The highest BCUT2D eigenvalue weighted by Crippen LogP contribution is 2.36. The summed E-state index contributed by atoms with van der Waals surface area (Å²) in [6.07, 6.45) is 0.528. The summed E-state index contributed by atoms with van der Waals surface area (Å²) < 4.78 is 50.9. The molecule has 6 nitrogen and oxygen atoms in total. The van der Waals surface area contributed by atoms with Crippen LogP contribution in [-0.4, -0.2) is 43.5 Å². The average Bonchev–Trinajstić information content (AvgIpc) is 2.74. The van der Waals surface area contributed by atoms with Crippen molar-refractivity contribution in [1.82, 2.24) is 4.90 Å². The molecule has 0 heterocycles. The maximum Gasteiger partial charge on any atom is 0.254 e. The summed E-state index contributed by atoms with van der Waals surface area (Å²) in [5.74, 6) is -5.36. The molecule has 0 saturated heterocycles. The van der Waals surface area contributed by atoms with Gasteiger partial charge in [0.1, 0.15) is 6.54 Å². The SMILES string of the molecule is CCCN(CC(=O)Nc1ccc(F)c(F)c1F)C(=O)c1cc(Cl)c(OCC)c(OC)c1. The van der Waals surface area contributed by atoms with E-state index in [1.165, 1.54) is 24.1 Å². The molecule has 0 spiro atoms. The number of nitrogens with zero attached hydrogens (tertiary/aromatic N) is 1. The third-order valence-corrected chi connectivity index (χ3v) is 4.47. The molecule has 0 aliphatic carbocycles. The number of rotatable bonds is 9. The second-order valence-electron chi connectivity index (χ2n) is 6.42. The molecular weight excluding hydrogens is 437 g/mol. The Labute approximate surface area is 182 Å². The van der Waals surface area contributed by atoms with E-state index in [4.69, 9.17) is 21.1 Å². The second kappa shape index (κ2) is 10.9. The van der Waals surface area contributed by atoms with Gasteiger partial charge in [0, 0.05) is 12.1 Å². The van der Waals surface area contributed by atoms with Crippen molar-refractivity contribution in [3.63, 3.8) is 0 Å². The van der Waals surface area contributed by atoms with E-state index in [1.54, 1.807) is 13.8 Å². The van der Waals surface area contributed by atoms with Gasteiger partial charge in [-0.2, -0.15) is 0 Å². The van der Waals surface area contributed by atoms with Crippen LogP contribution in [0.4, 0.5) is 18.9 Å². The fraction of sp³-hybridized carbons (Fsp3) is 0.333. The Morgan fingerprint density at radius 2 is 1.84 bits per heavy atom. The number of nitrogens with one attached hydrogen (secondary N) is 1. The molecule has 0 unspecified atom stereocenters. The third-order valence-electron chi connectivity index (χ3n) is 4.19. The lowest BCUT2D eigenvalue weighted by atomic mass is 10.1. The molecular formula is C21H22ClF3N2O4. The van der Waals surface area contributed by atoms with Crippen LogP contribution in [-0.2, 0) is 4.79 Å². The normalized spacial score (nSPS) is 10.5. The molecule has 2 amide bonds. The van der Waals surface area contributed by atoms with E-state index in [1.807, 2.05) is 0 Å². The van der Waals surface area contributed by atoms with Crippen LogP contribution in [0.25, 0.3) is 0 Å². The summed E-state index contributed by atoms with van der Waals surface area (Å²) in [5, 5.41) is 2.31. The van der Waals surface area contributed by atoms with Gasteiger partial charge in [-0.05, 0) is 37.6 Å². The highest BCUT2D eigenvalue weighted by Gasteiger charge is 2.23. The van der Waals surface area contributed by atoms with Gasteiger partial charge in [-0.15, -0.1) is 0 Å². The van der Waals surface area contributed by atoms with Gasteiger partial charge in [-0.3, -0.25) is 9.59 Å². The van der Waals surface area contributed by atoms with Gasteiger partial charge in [0.05, 0.1) is 24.4 Å². The molecule has 0 fully saturated rings. The number of hydrogen-bond acceptors (Lipinski definition) is 4. The molecule has 2 aromatic rings. The van der Waals surface area contributed by atoms with Crippen LogP contribution in [0.1, 0.15) is 30.6 Å². The molecule has 0 radical (unpaired) electrons. The average molecular weight is 459 g/mol. The summed E-state index contributed by atoms with van der Waals surface area (Å²) >= 11 is 6.21. The summed E-state index contributed by atoms with van der Waals surface area (Å²) in [6, 6.07) is 4.42. The van der Waals surface area contributed by atoms with Crippen molar-refractivity contribution in [3.05, 3.63) is 52.3 Å². The number of halogens is 4. The molecule has 1 N–H and O–H groups in total. The topological polar surface area (TPSA) is 67.9 Å². The van der Waals surface area contributed by atoms with Crippen LogP contribution in [0.2, 0.25) is 5.02 Å². The van der Waals surface area contributed by atoms with Crippen LogP contribution >= 0.6 is 11.6 Å². The Kier molecular flexibility index (Phi) is 8.56. The van der Waals surface area contributed by atoms with Crippen molar-refractivity contribution >= 4 is 29.1 Å². The van der Waals surface area contributed by atoms with Crippen LogP contribution in [0, 0.1) is 17.5 Å². The quantitative estimate of drug-likeness (QED) is 0.555. The molecule has 31 heavy (non-hydrogen) atoms. The molecule has 2 rings (SSSR count). The first-order valence-corrected chi connectivity index (χ1v) is 9.84. The first-order valence-electron chi connectivity index (χ1n) is 9.46. The van der Waals surface area contributed by atoms with Crippen molar-refractivity contribution in [2.24, 2.45) is 0 Å². The first-order chi connectivity index (χ1) is 14.7. The maximum atomic E-state index is 13.8. The van der Waals surface area contributed by atoms with E-state index in [2.05, 4.69) is 5.32 Å². The number of amides is 2. The van der Waals surface area contributed by atoms with Crippen LogP contribution in [0.5, 0.6) is 11.5 Å². The lowest BCUT2D eigenvalue weighted by molar-refractivity contribution is -0.116. The predicted molar refractivity (Wildman–Crippen MR) is 110 cm³/mol. The van der Waals surface area contributed by atoms with E-state index in [9.17, 15) is 22.8 Å². The predicted octanol–water partition coefficient (Wildman–Crippen LogP) is 4.66. The first kappa shape index (κ1) is 24.3. The molecule has 168 valence electrons. The standard InChI is InChI=1S/C21H22ClF3N2O4/c1-4-8-27(11-17(28)26-15-7-6-14(23)18(24)19(15)25)21(29)12-9-13(22)20(31-5-2)16(10-12)30-3/h6-7,9-10H,4-5,8,11H2,1-3H3,(H,26,28). The fourth-order valence-corrected chi connectivity index (χ4v) is 3.08. The van der Waals surface area contributed by atoms with Gasteiger partial charge < -0.3 is 19.7 Å². The van der Waals surface area contributed by atoms with E-state index < -0.39 is 41.5 Å². The minimum atomic E-state index is -1.70. The third kappa shape index (κ3) is 5.81. The Balaban J connectivity index is 2.23. The van der Waals surface area contributed by atoms with Crippen molar-refractivity contribution in [2.75, 3.05) is 32.1 Å². The number of benzene rings is 2. The lowest BCUT2D eigenvalue weighted by Crippen LogP contribution is -2.38. The molecule has 0 bridgehead atoms. The number of methoxy groups -OCH3 is 1. The molecule has 0 aliphatic heterocycles. The second-order valence-corrected chi connectivity index (χ2v) is 6.83. The van der Waals surface area contributed by atoms with Gasteiger partial charge in [0.25, 0.3) is 5.91 Å². The Hall–Kier alpha value is -2.94. The monoisotopic (exact) mass is 458 g/mol. The smallest absolute Gasteiger partial charge is 0.254 e. The number of anilines is 1. The lowest BCUT2D eigenvalue weighted by Gasteiger charge is -2.22. The Morgan fingerprint density at radius 1 is 1.13 bits per heavy atom.